The summed E-state index contributed by atoms with van der Waals surface area (Å²) in [7, 11) is 0. The minimum atomic E-state index is 0.146. The van der Waals surface area contributed by atoms with E-state index in [2.05, 4.69) is 62.5 Å². The number of aromatic nitrogens is 4. The first kappa shape index (κ1) is 41.7. The number of nitrogens with zero attached hydrogens (tertiary/aromatic N) is 6. The average molecular weight is 924 g/mol. The Morgan fingerprint density at radius 2 is 1.07 bits per heavy atom. The Balaban J connectivity index is 0.000000144. The standard InChI is InChI=1S/C20H21N5OS3.C15H15ClN4OS2.C5H7NS/c1-12-17-14(28-19(23-17)21-10-13-5-4-8-27-13)9-15-18(12)24-20(29-15)22-11-16(26)25-6-2-3-7-25;1-8-12-9(22-14(16)18-12)6-10-13(8)19-15(23-10)17-7-11(21)20-4-2-3-5-20;6-4-5-2-1-3-7-5/h4-5,8-9H,2-3,6-7,10-11H2,1H3,(H,21,23)(H,22,24);6H,2-5,7H2,1H3,(H,17,19);1-3H,4,6H2. The Morgan fingerprint density at radius 1 is 0.644 bits per heavy atom. The van der Waals surface area contributed by atoms with Crippen molar-refractivity contribution < 1.29 is 9.59 Å². The number of nitrogens with two attached hydrogens (primary N) is 1. The van der Waals surface area contributed by atoms with Crippen molar-refractivity contribution in [3.63, 3.8) is 0 Å². The molecule has 2 aromatic carbocycles. The second-order valence-electron chi connectivity index (χ2n) is 14.0. The first-order chi connectivity index (χ1) is 28.7. The molecule has 308 valence electrons. The normalized spacial score (nSPS) is 13.9. The molecule has 0 saturated carbocycles. The second-order valence-corrected chi connectivity index (χ2v) is 20.8. The van der Waals surface area contributed by atoms with Crippen LogP contribution >= 0.6 is 79.6 Å². The van der Waals surface area contributed by atoms with Crippen molar-refractivity contribution in [2.24, 2.45) is 5.73 Å². The lowest BCUT2D eigenvalue weighted by Gasteiger charge is -2.14. The number of rotatable bonds is 10. The predicted octanol–water partition coefficient (Wildman–Crippen LogP) is 10.0. The molecule has 2 saturated heterocycles. The number of carbonyl (C=O) groups is 2. The highest BCUT2D eigenvalue weighted by Crippen LogP contribution is 2.38. The first-order valence-electron chi connectivity index (χ1n) is 19.3. The van der Waals surface area contributed by atoms with Gasteiger partial charge in [0.15, 0.2) is 19.9 Å². The number of anilines is 3. The molecule has 2 amide bonds. The van der Waals surface area contributed by atoms with E-state index in [1.807, 2.05) is 34.2 Å². The quantitative estimate of drug-likeness (QED) is 0.104. The number of likely N-dealkylation sites (tertiary alicyclic amines) is 2. The van der Waals surface area contributed by atoms with Gasteiger partial charge in [0, 0.05) is 53.6 Å². The van der Waals surface area contributed by atoms with E-state index in [9.17, 15) is 9.59 Å². The van der Waals surface area contributed by atoms with Gasteiger partial charge in [-0.15, -0.1) is 34.0 Å². The van der Waals surface area contributed by atoms with Gasteiger partial charge in [0.25, 0.3) is 0 Å². The molecule has 0 aliphatic carbocycles. The summed E-state index contributed by atoms with van der Waals surface area (Å²) in [5, 5.41) is 16.4. The van der Waals surface area contributed by atoms with Gasteiger partial charge >= 0.3 is 0 Å². The average Bonchev–Trinajstić information content (AvgIpc) is 4.08. The number of amides is 2. The zero-order chi connectivity index (χ0) is 40.9. The Morgan fingerprint density at radius 3 is 1.49 bits per heavy atom. The van der Waals surface area contributed by atoms with E-state index in [0.29, 0.717) is 24.1 Å². The van der Waals surface area contributed by atoms with Crippen molar-refractivity contribution in [3.05, 3.63) is 72.5 Å². The van der Waals surface area contributed by atoms with Crippen molar-refractivity contribution in [3.8, 4) is 0 Å². The van der Waals surface area contributed by atoms with E-state index < -0.39 is 0 Å². The number of thiophene rings is 2. The zero-order valence-electron chi connectivity index (χ0n) is 32.5. The monoisotopic (exact) mass is 922 g/mol. The van der Waals surface area contributed by atoms with Gasteiger partial charge in [-0.25, -0.2) is 19.9 Å². The Bertz CT molecular complexity index is 2680. The topological polar surface area (TPSA) is 154 Å². The van der Waals surface area contributed by atoms with Crippen LogP contribution in [0.2, 0.25) is 4.47 Å². The fraction of sp³-hybridized carbons (Fsp3) is 0.350. The Hall–Kier alpha value is -4.01. The number of hydrogen-bond donors (Lipinski definition) is 4. The molecule has 5 N–H and O–H groups in total. The number of fused-ring (bicyclic) bond motifs is 4. The number of aryl methyl sites for hydroxylation is 2. The van der Waals surface area contributed by atoms with Crippen LogP contribution in [0, 0.1) is 13.8 Å². The van der Waals surface area contributed by atoms with Crippen LogP contribution in [0.3, 0.4) is 0 Å². The lowest BCUT2D eigenvalue weighted by atomic mass is 10.2. The van der Waals surface area contributed by atoms with Gasteiger partial charge < -0.3 is 31.5 Å². The number of halogens is 1. The summed E-state index contributed by atoms with van der Waals surface area (Å²) >= 11 is 15.8. The number of benzene rings is 2. The molecule has 2 aliphatic rings. The van der Waals surface area contributed by atoms with Crippen LogP contribution in [-0.4, -0.2) is 80.8 Å². The highest BCUT2D eigenvalue weighted by atomic mass is 35.5. The van der Waals surface area contributed by atoms with Crippen LogP contribution in [0.25, 0.3) is 40.9 Å². The molecule has 2 fully saturated rings. The fourth-order valence-corrected chi connectivity index (χ4v) is 12.3. The van der Waals surface area contributed by atoms with Crippen molar-refractivity contribution in [2.75, 3.05) is 55.2 Å². The highest BCUT2D eigenvalue weighted by Gasteiger charge is 2.20. The van der Waals surface area contributed by atoms with Gasteiger partial charge in [-0.2, -0.15) is 0 Å². The van der Waals surface area contributed by atoms with E-state index in [1.165, 1.54) is 21.1 Å². The third-order valence-corrected chi connectivity index (χ3v) is 15.8. The van der Waals surface area contributed by atoms with E-state index in [4.69, 9.17) is 27.3 Å². The third kappa shape index (κ3) is 9.97. The van der Waals surface area contributed by atoms with Crippen molar-refractivity contribution in [2.45, 2.75) is 52.6 Å². The minimum Gasteiger partial charge on any atom is -0.357 e. The summed E-state index contributed by atoms with van der Waals surface area (Å²) in [5.74, 6) is 0.301. The molecule has 10 rings (SSSR count). The van der Waals surface area contributed by atoms with Crippen LogP contribution in [0.5, 0.6) is 0 Å². The van der Waals surface area contributed by atoms with Gasteiger partial charge in [-0.3, -0.25) is 9.59 Å². The van der Waals surface area contributed by atoms with Crippen LogP contribution in [0.15, 0.2) is 47.2 Å². The van der Waals surface area contributed by atoms with Gasteiger partial charge in [0.1, 0.15) is 0 Å². The summed E-state index contributed by atoms with van der Waals surface area (Å²) < 4.78 is 5.00. The van der Waals surface area contributed by atoms with Crippen molar-refractivity contribution in [1.82, 2.24) is 29.7 Å². The lowest BCUT2D eigenvalue weighted by Crippen LogP contribution is -2.32. The van der Waals surface area contributed by atoms with Gasteiger partial charge in [-0.1, -0.05) is 57.7 Å². The molecule has 0 spiro atoms. The van der Waals surface area contributed by atoms with E-state index in [-0.39, 0.29) is 11.8 Å². The summed E-state index contributed by atoms with van der Waals surface area (Å²) in [6.07, 6.45) is 4.44. The Labute approximate surface area is 370 Å². The number of thiazole rings is 4. The fourth-order valence-electron chi connectivity index (χ4n) is 6.92. The van der Waals surface area contributed by atoms with Gasteiger partial charge in [0.05, 0.1) is 60.5 Å². The molecule has 0 bridgehead atoms. The largest absolute Gasteiger partial charge is 0.357 e. The molecule has 0 unspecified atom stereocenters. The predicted molar refractivity (Wildman–Crippen MR) is 253 cm³/mol. The molecule has 0 radical (unpaired) electrons. The summed E-state index contributed by atoms with van der Waals surface area (Å²) in [6.45, 7) is 9.68. The van der Waals surface area contributed by atoms with E-state index in [0.717, 1.165) is 126 Å². The molecule has 59 heavy (non-hydrogen) atoms. The molecule has 8 aromatic rings. The smallest absolute Gasteiger partial charge is 0.241 e. The second kappa shape index (κ2) is 19.1. The molecule has 12 nitrogen and oxygen atoms in total. The van der Waals surface area contributed by atoms with Crippen LogP contribution in [0.4, 0.5) is 15.4 Å². The SMILES string of the molecule is Cc1c2nc(Cl)sc2cc2sc(NCC(=O)N3CCCC3)nc12.Cc1c2nc(NCC(=O)N3CCCC3)sc2cc2sc(NCc3cccs3)nc12.NCc1cccs1. The maximum atomic E-state index is 12.3. The van der Waals surface area contributed by atoms with Gasteiger partial charge in [0.2, 0.25) is 11.8 Å². The summed E-state index contributed by atoms with van der Waals surface area (Å²) in [6, 6.07) is 12.5. The van der Waals surface area contributed by atoms with Crippen molar-refractivity contribution >= 4 is 148 Å². The number of carbonyl (C=O) groups excluding carboxylic acids is 2. The maximum absolute atomic E-state index is 12.3. The Kier molecular flexibility index (Phi) is 13.5. The number of hydrogen-bond acceptors (Lipinski definition) is 16. The minimum absolute atomic E-state index is 0.146. The maximum Gasteiger partial charge on any atom is 0.241 e. The molecule has 0 atom stereocenters. The van der Waals surface area contributed by atoms with Crippen LogP contribution < -0.4 is 21.7 Å². The molecular weight excluding hydrogens is 880 g/mol. The first-order valence-corrected chi connectivity index (χ1v) is 24.7. The number of nitrogens with one attached hydrogen (secondary N) is 3. The molecule has 19 heteroatoms. The summed E-state index contributed by atoms with van der Waals surface area (Å²) in [5.41, 5.74) is 11.2. The van der Waals surface area contributed by atoms with E-state index in [1.54, 1.807) is 56.7 Å². The zero-order valence-corrected chi connectivity index (χ0v) is 38.2. The van der Waals surface area contributed by atoms with Crippen LogP contribution in [0.1, 0.15) is 46.6 Å². The molecular formula is C40H43ClN10O2S6. The highest BCUT2D eigenvalue weighted by molar-refractivity contribution is 7.25. The molecule has 6 aromatic heterocycles. The molecule has 2 aliphatic heterocycles. The van der Waals surface area contributed by atoms with E-state index >= 15 is 0 Å². The third-order valence-electron chi connectivity index (χ3n) is 10.0. The lowest BCUT2D eigenvalue weighted by molar-refractivity contribution is -0.129. The molecule has 8 heterocycles. The summed E-state index contributed by atoms with van der Waals surface area (Å²) in [4.78, 5) is 49.3. The van der Waals surface area contributed by atoms with Crippen LogP contribution in [-0.2, 0) is 22.7 Å². The van der Waals surface area contributed by atoms with Gasteiger partial charge in [-0.05, 0) is 74.6 Å². The van der Waals surface area contributed by atoms with Crippen molar-refractivity contribution in [1.29, 1.82) is 0 Å².